The smallest absolute Gasteiger partial charge is 0.261 e. The molecule has 0 aliphatic carbocycles. The highest BCUT2D eigenvalue weighted by Crippen LogP contribution is 2.22. The summed E-state index contributed by atoms with van der Waals surface area (Å²) < 4.78 is 27.3. The number of rotatable bonds is 5. The molecule has 3 N–H and O–H groups in total. The van der Waals surface area contributed by atoms with Gasteiger partial charge in [0.1, 0.15) is 10.3 Å². The maximum absolute atomic E-state index is 12.5. The lowest BCUT2D eigenvalue weighted by Crippen LogP contribution is -2.48. The number of aryl methyl sites for hydroxylation is 1. The highest BCUT2D eigenvalue weighted by atomic mass is 32.2. The Morgan fingerprint density at radius 3 is 2.35 bits per heavy atom. The number of benzene rings is 1. The van der Waals surface area contributed by atoms with Crippen molar-refractivity contribution in [3.8, 4) is 11.8 Å². The second kappa shape index (κ2) is 8.47. The molecule has 8 heteroatoms. The van der Waals surface area contributed by atoms with E-state index in [1.807, 2.05) is 31.2 Å². The zero-order valence-corrected chi connectivity index (χ0v) is 16.2. The Hall–Kier alpha value is -2.18. The predicted octanol–water partition coefficient (Wildman–Crippen LogP) is 2.26. The van der Waals surface area contributed by atoms with E-state index in [1.54, 1.807) is 19.9 Å². The molecule has 0 bridgehead atoms. The summed E-state index contributed by atoms with van der Waals surface area (Å²) in [5.74, 6) is 4.79. The van der Waals surface area contributed by atoms with Gasteiger partial charge in [-0.2, -0.15) is 4.72 Å². The Morgan fingerprint density at radius 1 is 1.12 bits per heavy atom. The first-order valence-corrected chi connectivity index (χ1v) is 10.2. The zero-order chi connectivity index (χ0) is 19.3. The van der Waals surface area contributed by atoms with Crippen LogP contribution in [0.4, 0.5) is 0 Å². The molecule has 26 heavy (non-hydrogen) atoms. The van der Waals surface area contributed by atoms with E-state index in [1.165, 1.54) is 11.5 Å². The third kappa shape index (κ3) is 5.16. The van der Waals surface area contributed by atoms with Crippen LogP contribution in [0.15, 0.2) is 40.6 Å². The third-order valence-electron chi connectivity index (χ3n) is 3.57. The molecule has 0 radical (unpaired) electrons. The minimum Gasteiger partial charge on any atom is -0.289 e. The Labute approximate surface area is 157 Å². The van der Waals surface area contributed by atoms with Gasteiger partial charge in [-0.15, -0.1) is 11.3 Å². The lowest BCUT2D eigenvalue weighted by molar-refractivity contribution is -0.131. The summed E-state index contributed by atoms with van der Waals surface area (Å²) in [4.78, 5) is 12.2. The minimum atomic E-state index is -3.90. The first-order chi connectivity index (χ1) is 12.2. The molecule has 0 fully saturated rings. The highest BCUT2D eigenvalue weighted by Gasteiger charge is 2.29. The Morgan fingerprint density at radius 2 is 1.77 bits per heavy atom. The van der Waals surface area contributed by atoms with Crippen molar-refractivity contribution in [1.82, 2.24) is 10.2 Å². The first-order valence-electron chi connectivity index (χ1n) is 7.87. The van der Waals surface area contributed by atoms with Crippen LogP contribution in [0, 0.1) is 24.7 Å². The summed E-state index contributed by atoms with van der Waals surface area (Å²) in [6, 6.07) is 9.70. The lowest BCUT2D eigenvalue weighted by Gasteiger charge is -2.19. The van der Waals surface area contributed by atoms with Gasteiger partial charge in [-0.1, -0.05) is 43.4 Å². The normalized spacial score (nSPS) is 12.3. The molecule has 6 nitrogen and oxygen atoms in total. The van der Waals surface area contributed by atoms with Gasteiger partial charge in [0.05, 0.1) is 4.88 Å². The number of carbonyl (C=O) groups is 1. The number of sulfonamides is 1. The molecule has 0 aliphatic heterocycles. The molecule has 1 amide bonds. The molecule has 1 unspecified atom stereocenters. The van der Waals surface area contributed by atoms with Crippen LogP contribution >= 0.6 is 11.3 Å². The molecule has 1 heterocycles. The van der Waals surface area contributed by atoms with Gasteiger partial charge in [-0.25, -0.2) is 13.9 Å². The second-order valence-corrected chi connectivity index (χ2v) is 9.08. The van der Waals surface area contributed by atoms with E-state index < -0.39 is 22.0 Å². The van der Waals surface area contributed by atoms with Crippen molar-refractivity contribution < 1.29 is 18.4 Å². The number of hydrogen-bond donors (Lipinski definition) is 3. The number of amides is 1. The molecule has 2 aromatic rings. The van der Waals surface area contributed by atoms with Crippen LogP contribution < -0.4 is 10.2 Å². The molecule has 0 spiro atoms. The fourth-order valence-electron chi connectivity index (χ4n) is 2.09. The molecule has 1 atom stereocenters. The number of hydrogen-bond acceptors (Lipinski definition) is 5. The van der Waals surface area contributed by atoms with Crippen molar-refractivity contribution in [2.45, 2.75) is 31.0 Å². The van der Waals surface area contributed by atoms with E-state index in [9.17, 15) is 13.2 Å². The summed E-state index contributed by atoms with van der Waals surface area (Å²) in [6.07, 6.45) is 0. The highest BCUT2D eigenvalue weighted by molar-refractivity contribution is 7.91. The van der Waals surface area contributed by atoms with Crippen LogP contribution in [0.5, 0.6) is 0 Å². The number of thiophene rings is 1. The van der Waals surface area contributed by atoms with Crippen molar-refractivity contribution >= 4 is 27.3 Å². The van der Waals surface area contributed by atoms with Crippen molar-refractivity contribution in [2.75, 3.05) is 0 Å². The molecule has 1 aromatic carbocycles. The second-order valence-electron chi connectivity index (χ2n) is 6.05. The standard InChI is InChI=1S/C18H20N2O4S2/c1-12(2)17(18(21)19-22)20-26(23,24)16-11-10-15(25-16)9-8-14-6-4-13(3)5-7-14/h4-7,10-12,17,20,22H,1-3H3,(H,19,21). The Bertz CT molecular complexity index is 936. The van der Waals surface area contributed by atoms with Gasteiger partial charge in [-0.3, -0.25) is 10.0 Å². The molecular formula is C18H20N2O4S2. The summed E-state index contributed by atoms with van der Waals surface area (Å²) in [7, 11) is -3.90. The summed E-state index contributed by atoms with van der Waals surface area (Å²) in [5.41, 5.74) is 3.46. The predicted molar refractivity (Wildman–Crippen MR) is 100 cm³/mol. The zero-order valence-electron chi connectivity index (χ0n) is 14.6. The number of carbonyl (C=O) groups excluding carboxylic acids is 1. The van der Waals surface area contributed by atoms with Crippen LogP contribution in [0.1, 0.15) is 29.9 Å². The van der Waals surface area contributed by atoms with Gasteiger partial charge < -0.3 is 0 Å². The van der Waals surface area contributed by atoms with E-state index in [0.29, 0.717) is 4.88 Å². The van der Waals surface area contributed by atoms with E-state index in [2.05, 4.69) is 16.6 Å². The van der Waals surface area contributed by atoms with E-state index >= 15 is 0 Å². The summed E-state index contributed by atoms with van der Waals surface area (Å²) >= 11 is 1.02. The SMILES string of the molecule is Cc1ccc(C#Cc2ccc(S(=O)(=O)NC(C(=O)NO)C(C)C)s2)cc1. The van der Waals surface area contributed by atoms with Gasteiger partial charge in [0, 0.05) is 5.56 Å². The molecule has 0 aliphatic rings. The molecule has 138 valence electrons. The van der Waals surface area contributed by atoms with Gasteiger partial charge in [-0.05, 0) is 37.1 Å². The monoisotopic (exact) mass is 392 g/mol. The molecule has 1 aromatic heterocycles. The Balaban J connectivity index is 2.20. The number of nitrogens with one attached hydrogen (secondary N) is 2. The molecule has 0 saturated carbocycles. The minimum absolute atomic E-state index is 0.0575. The van der Waals surface area contributed by atoms with Crippen LogP contribution in [0.2, 0.25) is 0 Å². The topological polar surface area (TPSA) is 95.5 Å². The summed E-state index contributed by atoms with van der Waals surface area (Å²) in [5, 5.41) is 8.77. The van der Waals surface area contributed by atoms with E-state index in [-0.39, 0.29) is 10.1 Å². The Kier molecular flexibility index (Phi) is 6.56. The maximum Gasteiger partial charge on any atom is 0.261 e. The van der Waals surface area contributed by atoms with Crippen LogP contribution in [-0.2, 0) is 14.8 Å². The fourth-order valence-corrected chi connectivity index (χ4v) is 4.61. The first kappa shape index (κ1) is 20.1. The van der Waals surface area contributed by atoms with Crippen LogP contribution in [0.25, 0.3) is 0 Å². The molecule has 2 rings (SSSR count). The van der Waals surface area contributed by atoms with Gasteiger partial charge in [0.15, 0.2) is 0 Å². The summed E-state index contributed by atoms with van der Waals surface area (Å²) in [6.45, 7) is 5.34. The van der Waals surface area contributed by atoms with E-state index in [0.717, 1.165) is 22.5 Å². The average molecular weight is 393 g/mol. The third-order valence-corrected chi connectivity index (χ3v) is 6.50. The van der Waals surface area contributed by atoms with E-state index in [4.69, 9.17) is 5.21 Å². The maximum atomic E-state index is 12.5. The van der Waals surface area contributed by atoms with Gasteiger partial charge >= 0.3 is 0 Å². The van der Waals surface area contributed by atoms with Crippen molar-refractivity contribution in [3.05, 3.63) is 52.4 Å². The average Bonchev–Trinajstić information content (AvgIpc) is 3.08. The largest absolute Gasteiger partial charge is 0.289 e. The lowest BCUT2D eigenvalue weighted by atomic mass is 10.1. The van der Waals surface area contributed by atoms with Crippen molar-refractivity contribution in [3.63, 3.8) is 0 Å². The van der Waals surface area contributed by atoms with Gasteiger partial charge in [0.25, 0.3) is 15.9 Å². The van der Waals surface area contributed by atoms with Crippen LogP contribution in [-0.4, -0.2) is 25.6 Å². The van der Waals surface area contributed by atoms with Crippen LogP contribution in [0.3, 0.4) is 0 Å². The van der Waals surface area contributed by atoms with Crippen molar-refractivity contribution in [1.29, 1.82) is 0 Å². The quantitative estimate of drug-likeness (QED) is 0.413. The van der Waals surface area contributed by atoms with Gasteiger partial charge in [0.2, 0.25) is 0 Å². The molecule has 0 saturated heterocycles. The molecular weight excluding hydrogens is 372 g/mol. The van der Waals surface area contributed by atoms with Crippen molar-refractivity contribution in [2.24, 2.45) is 5.92 Å². The fraction of sp³-hybridized carbons (Fsp3) is 0.278. The number of hydroxylamine groups is 1.